The molecule has 2 amide bonds. The molecule has 0 aliphatic rings. The minimum atomic E-state index is -4.21. The number of urea groups is 1. The summed E-state index contributed by atoms with van der Waals surface area (Å²) in [4.78, 5) is 11.9. The van der Waals surface area contributed by atoms with Crippen molar-refractivity contribution in [1.29, 1.82) is 0 Å². The number of carbonyl (C=O) groups excluding carboxylic acids is 1. The highest BCUT2D eigenvalue weighted by Crippen LogP contribution is 2.19. The first-order valence-electron chi connectivity index (χ1n) is 3.92. The summed E-state index contributed by atoms with van der Waals surface area (Å²) in [7, 11) is 1.33. The van der Waals surface area contributed by atoms with Crippen LogP contribution in [0.2, 0.25) is 0 Å². The Balaban J connectivity index is 3.74. The third-order valence-corrected chi connectivity index (χ3v) is 1.41. The van der Waals surface area contributed by atoms with Gasteiger partial charge in [0.05, 0.1) is 6.42 Å². The lowest BCUT2D eigenvalue weighted by Gasteiger charge is -2.17. The Labute approximate surface area is 74.9 Å². The number of nitrogens with zero attached hydrogens (tertiary/aromatic N) is 1. The van der Waals surface area contributed by atoms with Gasteiger partial charge in [0.25, 0.3) is 0 Å². The predicted molar refractivity (Wildman–Crippen MR) is 42.4 cm³/mol. The quantitative estimate of drug-likeness (QED) is 0.734. The molecule has 0 radical (unpaired) electrons. The Bertz CT molecular complexity index is 170. The fraction of sp³-hybridized carbons (Fsp3) is 0.857. The fourth-order valence-electron chi connectivity index (χ4n) is 0.682. The smallest absolute Gasteiger partial charge is 0.338 e. The molecule has 0 saturated carbocycles. The predicted octanol–water partition coefficient (Wildman–Crippen LogP) is 1.60. The largest absolute Gasteiger partial charge is 0.390 e. The van der Waals surface area contributed by atoms with Crippen LogP contribution in [0.5, 0.6) is 0 Å². The fourth-order valence-corrected chi connectivity index (χ4v) is 0.682. The average Bonchev–Trinajstić information content (AvgIpc) is 1.99. The molecule has 0 spiro atoms. The van der Waals surface area contributed by atoms with E-state index >= 15 is 0 Å². The summed E-state index contributed by atoms with van der Waals surface area (Å²) in [6, 6.07) is -0.480. The van der Waals surface area contributed by atoms with Crippen molar-refractivity contribution in [3.05, 3.63) is 0 Å². The summed E-state index contributed by atoms with van der Waals surface area (Å²) < 4.78 is 35.1. The van der Waals surface area contributed by atoms with E-state index in [0.29, 0.717) is 6.54 Å². The van der Waals surface area contributed by atoms with Crippen LogP contribution in [0.1, 0.15) is 13.3 Å². The summed E-state index contributed by atoms with van der Waals surface area (Å²) in [5, 5.41) is 2.40. The topological polar surface area (TPSA) is 32.3 Å². The maximum Gasteiger partial charge on any atom is 0.390 e. The maximum absolute atomic E-state index is 11.7. The molecule has 0 aliphatic heterocycles. The SMILES string of the molecule is CCNC(=O)N(C)CCC(F)(F)F. The van der Waals surface area contributed by atoms with Crippen molar-refractivity contribution >= 4 is 6.03 Å². The summed E-state index contributed by atoms with van der Waals surface area (Å²) in [6.45, 7) is 1.81. The number of hydrogen-bond donors (Lipinski definition) is 1. The van der Waals surface area contributed by atoms with E-state index in [9.17, 15) is 18.0 Å². The highest BCUT2D eigenvalue weighted by molar-refractivity contribution is 5.73. The van der Waals surface area contributed by atoms with Crippen molar-refractivity contribution < 1.29 is 18.0 Å². The van der Waals surface area contributed by atoms with Crippen molar-refractivity contribution in [2.45, 2.75) is 19.5 Å². The minimum Gasteiger partial charge on any atom is -0.338 e. The second-order valence-corrected chi connectivity index (χ2v) is 2.62. The van der Waals surface area contributed by atoms with Crippen molar-refractivity contribution in [3.8, 4) is 0 Å². The van der Waals surface area contributed by atoms with Gasteiger partial charge in [-0.3, -0.25) is 0 Å². The molecule has 0 aromatic carbocycles. The second kappa shape index (κ2) is 4.94. The van der Waals surface area contributed by atoms with Crippen molar-refractivity contribution in [2.24, 2.45) is 0 Å². The number of alkyl halides is 3. The van der Waals surface area contributed by atoms with Gasteiger partial charge in [0.1, 0.15) is 0 Å². The lowest BCUT2D eigenvalue weighted by atomic mass is 10.4. The first-order chi connectivity index (χ1) is 5.87. The van der Waals surface area contributed by atoms with Crippen LogP contribution in [0, 0.1) is 0 Å². The molecule has 0 saturated heterocycles. The van der Waals surface area contributed by atoms with Gasteiger partial charge in [0.15, 0.2) is 0 Å². The van der Waals surface area contributed by atoms with Gasteiger partial charge in [-0.1, -0.05) is 0 Å². The van der Waals surface area contributed by atoms with E-state index in [0.717, 1.165) is 4.90 Å². The van der Waals surface area contributed by atoms with E-state index in [1.54, 1.807) is 6.92 Å². The highest BCUT2D eigenvalue weighted by Gasteiger charge is 2.27. The van der Waals surface area contributed by atoms with E-state index < -0.39 is 18.6 Å². The van der Waals surface area contributed by atoms with Crippen molar-refractivity contribution in [1.82, 2.24) is 10.2 Å². The zero-order valence-electron chi connectivity index (χ0n) is 7.61. The number of halogens is 3. The van der Waals surface area contributed by atoms with E-state index in [1.807, 2.05) is 0 Å². The zero-order chi connectivity index (χ0) is 10.5. The number of nitrogens with one attached hydrogen (secondary N) is 1. The maximum atomic E-state index is 11.7. The summed E-state index contributed by atoms with van der Waals surface area (Å²) in [5.74, 6) is 0. The Morgan fingerprint density at radius 2 is 2.00 bits per heavy atom. The Morgan fingerprint density at radius 1 is 1.46 bits per heavy atom. The highest BCUT2D eigenvalue weighted by atomic mass is 19.4. The van der Waals surface area contributed by atoms with Gasteiger partial charge >= 0.3 is 12.2 Å². The van der Waals surface area contributed by atoms with Crippen LogP contribution in [-0.2, 0) is 0 Å². The molecule has 0 aromatic heterocycles. The first kappa shape index (κ1) is 12.1. The summed E-state index contributed by atoms with van der Waals surface area (Å²) in [6.07, 6.45) is -5.18. The van der Waals surface area contributed by atoms with Crippen LogP contribution < -0.4 is 5.32 Å². The van der Waals surface area contributed by atoms with Gasteiger partial charge in [-0.15, -0.1) is 0 Å². The lowest BCUT2D eigenvalue weighted by Crippen LogP contribution is -2.38. The number of carbonyl (C=O) groups is 1. The molecule has 3 nitrogen and oxygen atoms in total. The van der Waals surface area contributed by atoms with Crippen LogP contribution in [0.4, 0.5) is 18.0 Å². The monoisotopic (exact) mass is 198 g/mol. The number of rotatable bonds is 3. The first-order valence-corrected chi connectivity index (χ1v) is 3.92. The van der Waals surface area contributed by atoms with Crippen LogP contribution >= 0.6 is 0 Å². The lowest BCUT2D eigenvalue weighted by molar-refractivity contribution is -0.136. The molecule has 0 bridgehead atoms. The standard InChI is InChI=1S/C7H13F3N2O/c1-3-11-6(13)12(2)5-4-7(8,9)10/h3-5H2,1-2H3,(H,11,13). The molecular weight excluding hydrogens is 185 g/mol. The van der Waals surface area contributed by atoms with Crippen LogP contribution in [0.3, 0.4) is 0 Å². The Hall–Kier alpha value is -0.940. The molecule has 0 aromatic rings. The van der Waals surface area contributed by atoms with Gasteiger partial charge < -0.3 is 10.2 Å². The molecule has 78 valence electrons. The zero-order valence-corrected chi connectivity index (χ0v) is 7.61. The molecule has 0 rings (SSSR count). The van der Waals surface area contributed by atoms with Gasteiger partial charge in [-0.05, 0) is 6.92 Å². The Morgan fingerprint density at radius 3 is 2.38 bits per heavy atom. The average molecular weight is 198 g/mol. The van der Waals surface area contributed by atoms with E-state index in [4.69, 9.17) is 0 Å². The Kier molecular flexibility index (Phi) is 4.58. The molecule has 0 heterocycles. The number of hydrogen-bond acceptors (Lipinski definition) is 1. The van der Waals surface area contributed by atoms with Crippen molar-refractivity contribution in [3.63, 3.8) is 0 Å². The molecule has 0 atom stereocenters. The van der Waals surface area contributed by atoms with Gasteiger partial charge in [-0.25, -0.2) is 4.79 Å². The van der Waals surface area contributed by atoms with Gasteiger partial charge in [-0.2, -0.15) is 13.2 Å². The van der Waals surface area contributed by atoms with E-state index in [-0.39, 0.29) is 6.54 Å². The third-order valence-electron chi connectivity index (χ3n) is 1.41. The van der Waals surface area contributed by atoms with E-state index in [1.165, 1.54) is 7.05 Å². The van der Waals surface area contributed by atoms with Gasteiger partial charge in [0, 0.05) is 20.1 Å². The molecule has 0 unspecified atom stereocenters. The molecule has 1 N–H and O–H groups in total. The third kappa shape index (κ3) is 6.24. The second-order valence-electron chi connectivity index (χ2n) is 2.62. The molecular formula is C7H13F3N2O. The van der Waals surface area contributed by atoms with Crippen LogP contribution in [-0.4, -0.2) is 37.2 Å². The summed E-state index contributed by atoms with van der Waals surface area (Å²) >= 11 is 0. The van der Waals surface area contributed by atoms with Crippen LogP contribution in [0.15, 0.2) is 0 Å². The van der Waals surface area contributed by atoms with Crippen LogP contribution in [0.25, 0.3) is 0 Å². The van der Waals surface area contributed by atoms with Gasteiger partial charge in [0.2, 0.25) is 0 Å². The molecule has 13 heavy (non-hydrogen) atoms. The normalized spacial score (nSPS) is 11.2. The molecule has 0 aliphatic carbocycles. The molecule has 6 heteroatoms. The van der Waals surface area contributed by atoms with E-state index in [2.05, 4.69) is 5.32 Å². The minimum absolute atomic E-state index is 0.310. The number of amides is 2. The van der Waals surface area contributed by atoms with Crippen molar-refractivity contribution in [2.75, 3.05) is 20.1 Å². The summed E-state index contributed by atoms with van der Waals surface area (Å²) in [5.41, 5.74) is 0. The molecule has 0 fully saturated rings.